The van der Waals surface area contributed by atoms with Gasteiger partial charge < -0.3 is 0 Å². The van der Waals surface area contributed by atoms with E-state index in [4.69, 9.17) is 0 Å². The van der Waals surface area contributed by atoms with Crippen LogP contribution >= 0.6 is 0 Å². The lowest BCUT2D eigenvalue weighted by molar-refractivity contribution is 0.384. The van der Waals surface area contributed by atoms with Crippen LogP contribution in [-0.4, -0.2) is 22.0 Å². The van der Waals surface area contributed by atoms with Gasteiger partial charge in [-0.15, -0.1) is 0 Å². The van der Waals surface area contributed by atoms with E-state index in [1.165, 1.54) is 15.8 Å². The molecule has 0 aliphatic heterocycles. The summed E-state index contributed by atoms with van der Waals surface area (Å²) in [6, 6.07) is 0. The molecule has 0 fully saturated rings. The summed E-state index contributed by atoms with van der Waals surface area (Å²) in [5, 5.41) is 4.48. The number of hydrogen-bond donors (Lipinski definition) is 0. The predicted octanol–water partition coefficient (Wildman–Crippen LogP) is 3.72. The van der Waals surface area contributed by atoms with Gasteiger partial charge in [0.1, 0.15) is 7.85 Å². The minimum atomic E-state index is -2.21. The molecular formula is C12H15AlBF5. The van der Waals surface area contributed by atoms with Crippen LogP contribution in [0.4, 0.5) is 22.0 Å². The number of halogens is 5. The Balaban J connectivity index is 0.000000399. The van der Waals surface area contributed by atoms with Crippen molar-refractivity contribution in [2.75, 3.05) is 0 Å². The molecule has 1 aromatic carbocycles. The first-order valence-electron chi connectivity index (χ1n) is 6.08. The molecule has 0 nitrogen and oxygen atoms in total. The molecule has 0 saturated heterocycles. The fraction of sp³-hybridized carbons (Fsp3) is 0.500. The largest absolute Gasteiger partial charge is 0.261 e. The van der Waals surface area contributed by atoms with Gasteiger partial charge in [-0.1, -0.05) is 36.6 Å². The summed E-state index contributed by atoms with van der Waals surface area (Å²) in [6.07, 6.45) is 0. The van der Waals surface area contributed by atoms with Gasteiger partial charge >= 0.3 is 0 Å². The van der Waals surface area contributed by atoms with E-state index in [9.17, 15) is 22.0 Å². The third-order valence-electron chi connectivity index (χ3n) is 2.98. The Hall–Kier alpha value is -0.533. The summed E-state index contributed by atoms with van der Waals surface area (Å²) in [4.78, 5) is 0. The maximum atomic E-state index is 12.3. The van der Waals surface area contributed by atoms with Crippen LogP contribution in [0.2, 0.25) is 15.8 Å². The standard InChI is InChI=1S/C6BF5.3C2H5.Al/c7-1-2(8)4(10)6(12)5(11)3(1)9;3*1-2;/h;3*1H2,2H3;. The van der Waals surface area contributed by atoms with E-state index in [-0.39, 0.29) is 14.1 Å². The average molecular weight is 292 g/mol. The van der Waals surface area contributed by atoms with Crippen molar-refractivity contribution in [1.29, 1.82) is 0 Å². The third kappa shape index (κ3) is 4.81. The van der Waals surface area contributed by atoms with Crippen molar-refractivity contribution < 1.29 is 22.0 Å². The number of rotatable bonds is 3. The zero-order valence-corrected chi connectivity index (χ0v) is 12.3. The van der Waals surface area contributed by atoms with E-state index in [0.717, 1.165) is 0 Å². The molecule has 7 heteroatoms. The third-order valence-corrected chi connectivity index (χ3v) is 6.44. The predicted molar refractivity (Wildman–Crippen MR) is 68.8 cm³/mol. The molecule has 0 amide bonds. The highest BCUT2D eigenvalue weighted by Crippen LogP contribution is 2.14. The Labute approximate surface area is 115 Å². The van der Waals surface area contributed by atoms with Gasteiger partial charge in [0.15, 0.2) is 29.1 Å². The first-order chi connectivity index (χ1) is 8.81. The topological polar surface area (TPSA) is 0 Å². The van der Waals surface area contributed by atoms with Gasteiger partial charge in [0.25, 0.3) is 14.1 Å². The summed E-state index contributed by atoms with van der Waals surface area (Å²) < 4.78 is 61.1. The minimum absolute atomic E-state index is 0.171. The normalized spacial score (nSPS) is 9.89. The van der Waals surface area contributed by atoms with Gasteiger partial charge in [-0.25, -0.2) is 22.0 Å². The van der Waals surface area contributed by atoms with Gasteiger partial charge in [-0.3, -0.25) is 0 Å². The van der Waals surface area contributed by atoms with Crippen molar-refractivity contribution in [3.63, 3.8) is 0 Å². The maximum absolute atomic E-state index is 12.3. The van der Waals surface area contributed by atoms with Crippen LogP contribution in [0, 0.1) is 29.1 Å². The molecule has 0 N–H and O–H groups in total. The Morgan fingerprint density at radius 3 is 1.16 bits per heavy atom. The Kier molecular flexibility index (Phi) is 8.36. The van der Waals surface area contributed by atoms with E-state index in [1.54, 1.807) is 0 Å². The van der Waals surface area contributed by atoms with Crippen molar-refractivity contribution >= 4 is 27.5 Å². The maximum Gasteiger partial charge on any atom is 0.261 e. The lowest BCUT2D eigenvalue weighted by Crippen LogP contribution is -2.20. The van der Waals surface area contributed by atoms with Gasteiger partial charge in [0, 0.05) is 0 Å². The molecule has 0 aliphatic carbocycles. The molecule has 0 heterocycles. The van der Waals surface area contributed by atoms with E-state index in [0.29, 0.717) is 0 Å². The molecule has 0 spiro atoms. The molecule has 1 rings (SSSR count). The van der Waals surface area contributed by atoms with Crippen molar-refractivity contribution in [3.8, 4) is 0 Å². The first kappa shape index (κ1) is 18.5. The Morgan fingerprint density at radius 2 is 0.947 bits per heavy atom. The molecule has 19 heavy (non-hydrogen) atoms. The zero-order valence-electron chi connectivity index (χ0n) is 11.2. The Bertz CT molecular complexity index is 311. The van der Waals surface area contributed by atoms with Crippen LogP contribution in [-0.2, 0) is 0 Å². The zero-order chi connectivity index (χ0) is 15.2. The quantitative estimate of drug-likeness (QED) is 0.345. The molecule has 2 radical (unpaired) electrons. The molecule has 0 atom stereocenters. The first-order valence-corrected chi connectivity index (χ1v) is 8.53. The molecule has 104 valence electrons. The summed E-state index contributed by atoms with van der Waals surface area (Å²) >= 11 is -0.171. The second kappa shape index (κ2) is 8.60. The molecule has 0 bridgehead atoms. The van der Waals surface area contributed by atoms with E-state index >= 15 is 0 Å². The highest BCUT2D eigenvalue weighted by Gasteiger charge is 2.22. The Morgan fingerprint density at radius 1 is 0.684 bits per heavy atom. The fourth-order valence-electron chi connectivity index (χ4n) is 1.49. The van der Waals surface area contributed by atoms with E-state index in [2.05, 4.69) is 28.6 Å². The monoisotopic (exact) mass is 292 g/mol. The average Bonchev–Trinajstić information content (AvgIpc) is 2.43. The second-order valence-corrected chi connectivity index (χ2v) is 8.26. The van der Waals surface area contributed by atoms with Crippen molar-refractivity contribution in [2.24, 2.45) is 0 Å². The molecule has 0 aromatic heterocycles. The fourth-order valence-corrected chi connectivity index (χ4v) is 3.22. The van der Waals surface area contributed by atoms with Gasteiger partial charge in [0.05, 0.1) is 0 Å². The smallest absolute Gasteiger partial charge is 0.204 e. The van der Waals surface area contributed by atoms with Gasteiger partial charge in [-0.2, -0.15) is 0 Å². The highest BCUT2D eigenvalue weighted by molar-refractivity contribution is 6.58. The molecule has 0 saturated carbocycles. The van der Waals surface area contributed by atoms with Crippen molar-refractivity contribution in [2.45, 2.75) is 36.6 Å². The summed E-state index contributed by atoms with van der Waals surface area (Å²) in [7, 11) is 4.56. The highest BCUT2D eigenvalue weighted by atomic mass is 27.2. The van der Waals surface area contributed by atoms with Crippen LogP contribution in [0.25, 0.3) is 0 Å². The van der Waals surface area contributed by atoms with Crippen LogP contribution in [0.15, 0.2) is 0 Å². The second-order valence-electron chi connectivity index (χ2n) is 4.07. The van der Waals surface area contributed by atoms with Crippen molar-refractivity contribution in [1.82, 2.24) is 0 Å². The lowest BCUT2D eigenvalue weighted by atomic mass is 9.94. The van der Waals surface area contributed by atoms with Crippen LogP contribution in [0.3, 0.4) is 0 Å². The lowest BCUT2D eigenvalue weighted by Gasteiger charge is -2.02. The molecule has 0 aliphatic rings. The SMILES string of the molecule is C[CH2][Al]([CH2]C)[CH2]C.[B]c1c(F)c(F)c(F)c(F)c1F. The van der Waals surface area contributed by atoms with Gasteiger partial charge in [-0.05, 0) is 5.46 Å². The summed E-state index contributed by atoms with van der Waals surface area (Å²) in [5.41, 5.74) is -1.37. The molecule has 0 unspecified atom stereocenters. The van der Waals surface area contributed by atoms with E-state index in [1.807, 2.05) is 0 Å². The van der Waals surface area contributed by atoms with Crippen LogP contribution in [0.1, 0.15) is 20.8 Å². The molecule has 1 aromatic rings. The number of benzene rings is 1. The van der Waals surface area contributed by atoms with E-state index < -0.39 is 34.5 Å². The van der Waals surface area contributed by atoms with Crippen LogP contribution in [0.5, 0.6) is 0 Å². The summed E-state index contributed by atoms with van der Waals surface area (Å²) in [5.74, 6) is -10.3. The summed E-state index contributed by atoms with van der Waals surface area (Å²) in [6.45, 7) is 6.97. The number of hydrogen-bond acceptors (Lipinski definition) is 0. The van der Waals surface area contributed by atoms with Crippen LogP contribution < -0.4 is 5.46 Å². The molecular weight excluding hydrogens is 277 g/mol. The van der Waals surface area contributed by atoms with Gasteiger partial charge in [0.2, 0.25) is 0 Å². The minimum Gasteiger partial charge on any atom is -0.204 e. The van der Waals surface area contributed by atoms with Crippen molar-refractivity contribution in [3.05, 3.63) is 29.1 Å².